The van der Waals surface area contributed by atoms with Crippen LogP contribution >= 0.6 is 11.6 Å². The standard InChI is InChI=1S/C6H7ClO2/c7-4-2-1-3-5(8)6(4)9/h1-3,5-6,8-9H/t5-,6-/m1/s1. The van der Waals surface area contributed by atoms with Gasteiger partial charge in [-0.1, -0.05) is 23.8 Å². The predicted octanol–water partition coefficient (Wildman–Crippen LogP) is 0.401. The molecule has 1 aliphatic carbocycles. The molecule has 1 rings (SSSR count). The molecular weight excluding hydrogens is 140 g/mol. The van der Waals surface area contributed by atoms with E-state index in [4.69, 9.17) is 21.8 Å². The molecule has 0 aromatic rings. The summed E-state index contributed by atoms with van der Waals surface area (Å²) in [5.41, 5.74) is 0. The Balaban J connectivity index is 2.73. The number of aliphatic hydroxyl groups excluding tert-OH is 2. The van der Waals surface area contributed by atoms with E-state index in [-0.39, 0.29) is 5.03 Å². The summed E-state index contributed by atoms with van der Waals surface area (Å²) in [4.78, 5) is 0. The monoisotopic (exact) mass is 146 g/mol. The molecule has 2 N–H and O–H groups in total. The highest BCUT2D eigenvalue weighted by Crippen LogP contribution is 2.16. The van der Waals surface area contributed by atoms with Crippen LogP contribution in [-0.2, 0) is 0 Å². The predicted molar refractivity (Wildman–Crippen MR) is 35.1 cm³/mol. The summed E-state index contributed by atoms with van der Waals surface area (Å²) in [6, 6.07) is 0. The Morgan fingerprint density at radius 3 is 2.56 bits per heavy atom. The van der Waals surface area contributed by atoms with Crippen LogP contribution in [0, 0.1) is 0 Å². The molecule has 0 saturated heterocycles. The van der Waals surface area contributed by atoms with Crippen LogP contribution in [0.2, 0.25) is 0 Å². The van der Waals surface area contributed by atoms with Crippen molar-refractivity contribution in [1.29, 1.82) is 0 Å². The minimum atomic E-state index is -0.934. The molecule has 0 aliphatic heterocycles. The van der Waals surface area contributed by atoms with Gasteiger partial charge in [-0.25, -0.2) is 0 Å². The van der Waals surface area contributed by atoms with E-state index in [1.54, 1.807) is 12.2 Å². The third-order valence-electron chi connectivity index (χ3n) is 1.17. The van der Waals surface area contributed by atoms with Gasteiger partial charge in [0.05, 0.1) is 0 Å². The van der Waals surface area contributed by atoms with Gasteiger partial charge in [0.25, 0.3) is 0 Å². The molecule has 0 radical (unpaired) electrons. The van der Waals surface area contributed by atoms with Crippen molar-refractivity contribution in [2.75, 3.05) is 0 Å². The van der Waals surface area contributed by atoms with Gasteiger partial charge < -0.3 is 10.2 Å². The van der Waals surface area contributed by atoms with Crippen LogP contribution in [0.4, 0.5) is 0 Å². The smallest absolute Gasteiger partial charge is 0.119 e. The zero-order chi connectivity index (χ0) is 6.85. The highest BCUT2D eigenvalue weighted by Gasteiger charge is 2.18. The normalized spacial score (nSPS) is 34.3. The van der Waals surface area contributed by atoms with Crippen LogP contribution in [0.25, 0.3) is 0 Å². The first-order chi connectivity index (χ1) is 4.22. The lowest BCUT2D eigenvalue weighted by Gasteiger charge is -2.15. The summed E-state index contributed by atoms with van der Waals surface area (Å²) >= 11 is 5.46. The van der Waals surface area contributed by atoms with Crippen molar-refractivity contribution in [2.45, 2.75) is 12.2 Å². The van der Waals surface area contributed by atoms with Crippen molar-refractivity contribution >= 4 is 11.6 Å². The minimum Gasteiger partial charge on any atom is -0.386 e. The molecule has 1 aliphatic rings. The van der Waals surface area contributed by atoms with Gasteiger partial charge in [-0.05, 0) is 6.08 Å². The first-order valence-corrected chi connectivity index (χ1v) is 2.99. The fourth-order valence-electron chi connectivity index (χ4n) is 0.628. The van der Waals surface area contributed by atoms with E-state index in [1.165, 1.54) is 6.08 Å². The zero-order valence-electron chi connectivity index (χ0n) is 4.66. The molecule has 0 aromatic carbocycles. The molecule has 0 fully saturated rings. The Kier molecular flexibility index (Phi) is 1.90. The minimum absolute atomic E-state index is 0.282. The zero-order valence-corrected chi connectivity index (χ0v) is 5.42. The Morgan fingerprint density at radius 1 is 1.44 bits per heavy atom. The van der Waals surface area contributed by atoms with Crippen molar-refractivity contribution in [3.05, 3.63) is 23.3 Å². The first kappa shape index (κ1) is 6.81. The molecule has 50 valence electrons. The highest BCUT2D eigenvalue weighted by atomic mass is 35.5. The maximum Gasteiger partial charge on any atom is 0.119 e. The number of rotatable bonds is 0. The Labute approximate surface area is 58.1 Å². The third-order valence-corrected chi connectivity index (χ3v) is 1.52. The lowest BCUT2D eigenvalue weighted by atomic mass is 10.1. The molecule has 0 heterocycles. The van der Waals surface area contributed by atoms with E-state index in [2.05, 4.69) is 0 Å². The van der Waals surface area contributed by atoms with Gasteiger partial charge >= 0.3 is 0 Å². The quantitative estimate of drug-likeness (QED) is 0.520. The lowest BCUT2D eigenvalue weighted by molar-refractivity contribution is 0.0764. The maximum absolute atomic E-state index is 8.94. The SMILES string of the molecule is O[C@@H]1C=CC=C(Cl)[C@H]1O. The van der Waals surface area contributed by atoms with Gasteiger partial charge in [0.2, 0.25) is 0 Å². The molecular formula is C6H7ClO2. The van der Waals surface area contributed by atoms with Crippen LogP contribution in [0.1, 0.15) is 0 Å². The van der Waals surface area contributed by atoms with Gasteiger partial charge in [-0.15, -0.1) is 0 Å². The van der Waals surface area contributed by atoms with Crippen LogP contribution < -0.4 is 0 Å². The van der Waals surface area contributed by atoms with Gasteiger partial charge in [0.1, 0.15) is 12.2 Å². The average molecular weight is 147 g/mol. The fourth-order valence-corrected chi connectivity index (χ4v) is 0.830. The summed E-state index contributed by atoms with van der Waals surface area (Å²) in [7, 11) is 0. The summed E-state index contributed by atoms with van der Waals surface area (Å²) in [5, 5.41) is 18.1. The van der Waals surface area contributed by atoms with E-state index in [9.17, 15) is 0 Å². The number of aliphatic hydroxyl groups is 2. The number of allylic oxidation sites excluding steroid dienone is 2. The van der Waals surface area contributed by atoms with Gasteiger partial charge in [0.15, 0.2) is 0 Å². The highest BCUT2D eigenvalue weighted by molar-refractivity contribution is 6.30. The van der Waals surface area contributed by atoms with E-state index >= 15 is 0 Å². The van der Waals surface area contributed by atoms with Crippen LogP contribution in [0.3, 0.4) is 0 Å². The van der Waals surface area contributed by atoms with Crippen molar-refractivity contribution in [1.82, 2.24) is 0 Å². The van der Waals surface area contributed by atoms with Gasteiger partial charge in [-0.3, -0.25) is 0 Å². The summed E-state index contributed by atoms with van der Waals surface area (Å²) in [5.74, 6) is 0. The van der Waals surface area contributed by atoms with E-state index in [1.807, 2.05) is 0 Å². The Bertz CT molecular complexity index is 162. The second-order valence-electron chi connectivity index (χ2n) is 1.87. The second-order valence-corrected chi connectivity index (χ2v) is 2.31. The molecule has 0 amide bonds. The molecule has 0 saturated carbocycles. The first-order valence-electron chi connectivity index (χ1n) is 2.62. The molecule has 2 nitrogen and oxygen atoms in total. The molecule has 3 heteroatoms. The largest absolute Gasteiger partial charge is 0.386 e. The molecule has 0 unspecified atom stereocenters. The summed E-state index contributed by atoms with van der Waals surface area (Å²) in [6.45, 7) is 0. The fraction of sp³-hybridized carbons (Fsp3) is 0.333. The number of hydrogen-bond donors (Lipinski definition) is 2. The molecule has 2 atom stereocenters. The molecule has 0 aromatic heterocycles. The van der Waals surface area contributed by atoms with E-state index in [0.29, 0.717) is 0 Å². The van der Waals surface area contributed by atoms with Crippen molar-refractivity contribution < 1.29 is 10.2 Å². The van der Waals surface area contributed by atoms with Crippen LogP contribution in [0.15, 0.2) is 23.3 Å². The molecule has 0 spiro atoms. The van der Waals surface area contributed by atoms with Crippen LogP contribution in [-0.4, -0.2) is 22.4 Å². The van der Waals surface area contributed by atoms with Crippen LogP contribution in [0.5, 0.6) is 0 Å². The Hall–Kier alpha value is -0.310. The van der Waals surface area contributed by atoms with Crippen molar-refractivity contribution in [3.63, 3.8) is 0 Å². The molecule has 9 heavy (non-hydrogen) atoms. The second kappa shape index (κ2) is 2.52. The summed E-state index contributed by atoms with van der Waals surface area (Å²) in [6.07, 6.45) is 2.87. The van der Waals surface area contributed by atoms with Crippen molar-refractivity contribution in [2.24, 2.45) is 0 Å². The van der Waals surface area contributed by atoms with Gasteiger partial charge in [-0.2, -0.15) is 0 Å². The third kappa shape index (κ3) is 1.33. The van der Waals surface area contributed by atoms with Crippen molar-refractivity contribution in [3.8, 4) is 0 Å². The Morgan fingerprint density at radius 2 is 2.11 bits per heavy atom. The maximum atomic E-state index is 8.94. The van der Waals surface area contributed by atoms with E-state index < -0.39 is 12.2 Å². The number of hydrogen-bond acceptors (Lipinski definition) is 2. The van der Waals surface area contributed by atoms with E-state index in [0.717, 1.165) is 0 Å². The number of halogens is 1. The lowest BCUT2D eigenvalue weighted by Crippen LogP contribution is -2.25. The summed E-state index contributed by atoms with van der Waals surface area (Å²) < 4.78 is 0. The molecule has 0 bridgehead atoms. The topological polar surface area (TPSA) is 40.5 Å². The average Bonchev–Trinajstić information content (AvgIpc) is 1.83. The van der Waals surface area contributed by atoms with Gasteiger partial charge in [0, 0.05) is 5.03 Å².